The lowest BCUT2D eigenvalue weighted by Gasteiger charge is -2.38. The molecule has 168 valence electrons. The van der Waals surface area contributed by atoms with Crippen molar-refractivity contribution in [2.75, 3.05) is 0 Å². The molecule has 14 nitrogen and oxygen atoms in total. The minimum Gasteiger partial charge on any atom is -0.497 e. The van der Waals surface area contributed by atoms with E-state index in [1.165, 1.54) is 0 Å². The van der Waals surface area contributed by atoms with Crippen molar-refractivity contribution in [3.05, 3.63) is 75.8 Å². The van der Waals surface area contributed by atoms with Crippen molar-refractivity contribution >= 4 is 22.7 Å². The highest BCUT2D eigenvalue weighted by Gasteiger charge is 2.42. The summed E-state index contributed by atoms with van der Waals surface area (Å²) >= 11 is 0. The number of rotatable bonds is 6. The van der Waals surface area contributed by atoms with E-state index in [2.05, 4.69) is 0 Å². The second-order valence-electron chi connectivity index (χ2n) is 7.40. The summed E-state index contributed by atoms with van der Waals surface area (Å²) in [6, 6.07) is 3.77. The summed E-state index contributed by atoms with van der Waals surface area (Å²) in [6.07, 6.45) is 2.26. The number of aromatic hydroxyl groups is 2. The van der Waals surface area contributed by atoms with Gasteiger partial charge in [0.05, 0.1) is 19.7 Å². The minimum atomic E-state index is -1.29. The van der Waals surface area contributed by atoms with Gasteiger partial charge in [-0.15, -0.1) is 0 Å². The Kier molecular flexibility index (Phi) is 5.62. The van der Waals surface area contributed by atoms with Crippen LogP contribution in [0.15, 0.2) is 24.3 Å². The molecule has 0 bridgehead atoms. The molecule has 3 rings (SSSR count). The van der Waals surface area contributed by atoms with Crippen LogP contribution in [-0.4, -0.2) is 29.9 Å². The first-order valence-corrected chi connectivity index (χ1v) is 9.32. The third kappa shape index (κ3) is 3.61. The molecule has 0 spiro atoms. The fourth-order valence-corrected chi connectivity index (χ4v) is 4.22. The Bertz CT molecular complexity index is 1000. The van der Waals surface area contributed by atoms with Gasteiger partial charge in [-0.25, -0.2) is 0 Å². The van der Waals surface area contributed by atoms with Gasteiger partial charge in [-0.2, -0.15) is 0 Å². The first-order chi connectivity index (χ1) is 15.0. The summed E-state index contributed by atoms with van der Waals surface area (Å²) in [7, 11) is 0. The van der Waals surface area contributed by atoms with Crippen molar-refractivity contribution in [2.45, 2.75) is 37.5 Å². The maximum absolute atomic E-state index is 11.4. The molecule has 2 aromatic carbocycles. The Morgan fingerprint density at radius 2 is 0.875 bits per heavy atom. The van der Waals surface area contributed by atoms with Crippen LogP contribution in [0.1, 0.15) is 43.2 Å². The van der Waals surface area contributed by atoms with Gasteiger partial charge in [-0.05, 0) is 24.0 Å². The van der Waals surface area contributed by atoms with Crippen LogP contribution in [0.5, 0.6) is 11.5 Å². The fourth-order valence-electron chi connectivity index (χ4n) is 4.22. The molecule has 1 aliphatic carbocycles. The van der Waals surface area contributed by atoms with Crippen molar-refractivity contribution in [1.82, 2.24) is 0 Å². The number of phenolic OH excluding ortho intramolecular Hbond substituents is 2. The summed E-state index contributed by atoms with van der Waals surface area (Å²) < 4.78 is 0. The predicted octanol–water partition coefficient (Wildman–Crippen LogP) is 3.98. The van der Waals surface area contributed by atoms with E-state index in [1.54, 1.807) is 0 Å². The molecular weight excluding hydrogens is 432 g/mol. The van der Waals surface area contributed by atoms with Gasteiger partial charge in [-0.3, -0.25) is 40.5 Å². The van der Waals surface area contributed by atoms with E-state index in [0.717, 1.165) is 30.7 Å². The van der Waals surface area contributed by atoms with Crippen LogP contribution < -0.4 is 0 Å². The molecular formula is C18H16N4O10. The lowest BCUT2D eigenvalue weighted by Crippen LogP contribution is -2.31. The van der Waals surface area contributed by atoms with Crippen LogP contribution in [0.3, 0.4) is 0 Å². The fraction of sp³-hybridized carbons (Fsp3) is 0.333. The molecule has 0 radical (unpaired) electrons. The molecule has 0 aromatic heterocycles. The second-order valence-corrected chi connectivity index (χ2v) is 7.40. The zero-order chi connectivity index (χ0) is 23.8. The number of phenols is 2. The summed E-state index contributed by atoms with van der Waals surface area (Å²) in [5, 5.41) is 65.6. The quantitative estimate of drug-likeness (QED) is 0.478. The number of benzene rings is 2. The highest BCUT2D eigenvalue weighted by molar-refractivity contribution is 5.66. The molecule has 0 unspecified atom stereocenters. The van der Waals surface area contributed by atoms with Gasteiger partial charge < -0.3 is 10.2 Å². The summed E-state index contributed by atoms with van der Waals surface area (Å²) in [6.45, 7) is 0. The van der Waals surface area contributed by atoms with E-state index in [1.807, 2.05) is 0 Å². The van der Waals surface area contributed by atoms with Gasteiger partial charge in [0.1, 0.15) is 0 Å². The van der Waals surface area contributed by atoms with E-state index >= 15 is 0 Å². The van der Waals surface area contributed by atoms with Crippen molar-refractivity contribution in [2.24, 2.45) is 0 Å². The molecule has 0 amide bonds. The summed E-state index contributed by atoms with van der Waals surface area (Å²) in [4.78, 5) is 41.7. The SMILES string of the molecule is O=[N+]([O-])c1cc(C2(c3cc([N+](=O)[O-])c(O)c([N+](=O)[O-])c3)CCCCC2)cc([N+](=O)[O-])c1O. The molecule has 0 atom stereocenters. The third-order valence-electron chi connectivity index (χ3n) is 5.74. The Hall–Kier alpha value is -4.36. The maximum atomic E-state index is 11.4. The average molecular weight is 448 g/mol. The maximum Gasteiger partial charge on any atom is 0.318 e. The molecule has 32 heavy (non-hydrogen) atoms. The Morgan fingerprint density at radius 3 is 1.12 bits per heavy atom. The number of nitrogens with zero attached hydrogens (tertiary/aromatic N) is 4. The Morgan fingerprint density at radius 1 is 0.594 bits per heavy atom. The molecule has 1 saturated carbocycles. The molecule has 1 fully saturated rings. The standard InChI is InChI=1S/C18H16N4O10/c23-16-12(19(25)26)6-10(7-13(16)20(27)28)18(4-2-1-3-5-18)11-8-14(21(29)30)17(24)15(9-11)22(31)32/h6-9,23-24H,1-5H2. The average Bonchev–Trinajstić information content (AvgIpc) is 2.73. The van der Waals surface area contributed by atoms with Crippen LogP contribution in [0, 0.1) is 40.5 Å². The topological polar surface area (TPSA) is 213 Å². The zero-order valence-corrected chi connectivity index (χ0v) is 16.3. The van der Waals surface area contributed by atoms with Gasteiger partial charge in [0.15, 0.2) is 0 Å². The van der Waals surface area contributed by atoms with E-state index in [4.69, 9.17) is 0 Å². The predicted molar refractivity (Wildman–Crippen MR) is 107 cm³/mol. The van der Waals surface area contributed by atoms with Crippen LogP contribution in [0.4, 0.5) is 22.7 Å². The van der Waals surface area contributed by atoms with Gasteiger partial charge in [0.2, 0.25) is 0 Å². The lowest BCUT2D eigenvalue weighted by molar-refractivity contribution is -0.396. The Labute approximate surface area is 178 Å². The number of hydrogen-bond acceptors (Lipinski definition) is 10. The van der Waals surface area contributed by atoms with Crippen LogP contribution in [0.2, 0.25) is 0 Å². The minimum absolute atomic E-state index is 0.0164. The molecule has 2 N–H and O–H groups in total. The monoisotopic (exact) mass is 448 g/mol. The molecule has 0 heterocycles. The van der Waals surface area contributed by atoms with E-state index in [0.29, 0.717) is 12.8 Å². The Balaban J connectivity index is 2.40. The number of nitro groups is 4. The van der Waals surface area contributed by atoms with Gasteiger partial charge in [0, 0.05) is 29.7 Å². The summed E-state index contributed by atoms with van der Waals surface area (Å²) in [5.41, 5.74) is -4.97. The largest absolute Gasteiger partial charge is 0.497 e. The third-order valence-corrected chi connectivity index (χ3v) is 5.74. The zero-order valence-electron chi connectivity index (χ0n) is 16.3. The second kappa shape index (κ2) is 8.05. The molecule has 0 aliphatic heterocycles. The van der Waals surface area contributed by atoms with Crippen LogP contribution in [0.25, 0.3) is 0 Å². The highest BCUT2D eigenvalue weighted by Crippen LogP contribution is 2.51. The highest BCUT2D eigenvalue weighted by atomic mass is 16.6. The molecule has 2 aromatic rings. The van der Waals surface area contributed by atoms with Crippen molar-refractivity contribution in [3.8, 4) is 11.5 Å². The van der Waals surface area contributed by atoms with E-state index in [9.17, 15) is 50.7 Å². The van der Waals surface area contributed by atoms with Crippen molar-refractivity contribution in [1.29, 1.82) is 0 Å². The molecule has 0 saturated heterocycles. The smallest absolute Gasteiger partial charge is 0.318 e. The van der Waals surface area contributed by atoms with Crippen LogP contribution >= 0.6 is 0 Å². The molecule has 1 aliphatic rings. The van der Waals surface area contributed by atoms with Crippen LogP contribution in [-0.2, 0) is 5.41 Å². The normalized spacial score (nSPS) is 15.1. The van der Waals surface area contributed by atoms with Crippen molar-refractivity contribution in [3.63, 3.8) is 0 Å². The number of hydrogen-bond donors (Lipinski definition) is 2. The first-order valence-electron chi connectivity index (χ1n) is 9.32. The van der Waals surface area contributed by atoms with Gasteiger partial charge >= 0.3 is 22.7 Å². The van der Waals surface area contributed by atoms with Gasteiger partial charge in [0.25, 0.3) is 11.5 Å². The first kappa shape index (κ1) is 22.3. The van der Waals surface area contributed by atoms with E-state index in [-0.39, 0.29) is 24.0 Å². The molecule has 14 heteroatoms. The van der Waals surface area contributed by atoms with Crippen molar-refractivity contribution < 1.29 is 29.9 Å². The lowest BCUT2D eigenvalue weighted by atomic mass is 9.65. The van der Waals surface area contributed by atoms with Gasteiger partial charge in [-0.1, -0.05) is 19.3 Å². The summed E-state index contributed by atoms with van der Waals surface area (Å²) in [5.74, 6) is -2.28. The van der Waals surface area contributed by atoms with E-state index < -0.39 is 59.4 Å². The number of nitro benzene ring substituents is 4.